The fraction of sp³-hybridized carbons (Fsp3) is 0.235. The SMILES string of the molecule is CC(C)Oc1ccc(S(=O)(=O)N2CC(=O)Nc3ccccc32)cc1. The number of fused-ring (bicyclic) bond motifs is 1. The van der Waals surface area contributed by atoms with E-state index in [4.69, 9.17) is 4.74 Å². The van der Waals surface area contributed by atoms with Crippen LogP contribution >= 0.6 is 0 Å². The molecule has 7 heteroatoms. The Balaban J connectivity index is 1.97. The summed E-state index contributed by atoms with van der Waals surface area (Å²) >= 11 is 0. The zero-order chi connectivity index (χ0) is 17.3. The molecule has 1 heterocycles. The van der Waals surface area contributed by atoms with E-state index in [1.165, 1.54) is 12.1 Å². The van der Waals surface area contributed by atoms with Gasteiger partial charge in [0.1, 0.15) is 12.3 Å². The number of hydrogen-bond acceptors (Lipinski definition) is 4. The molecule has 3 rings (SSSR count). The van der Waals surface area contributed by atoms with Crippen molar-refractivity contribution in [1.29, 1.82) is 0 Å². The number of hydrogen-bond donors (Lipinski definition) is 1. The minimum Gasteiger partial charge on any atom is -0.491 e. The van der Waals surface area contributed by atoms with Crippen molar-refractivity contribution < 1.29 is 17.9 Å². The molecule has 2 aromatic carbocycles. The van der Waals surface area contributed by atoms with Gasteiger partial charge in [0, 0.05) is 0 Å². The summed E-state index contributed by atoms with van der Waals surface area (Å²) in [5, 5.41) is 2.68. The highest BCUT2D eigenvalue weighted by Crippen LogP contribution is 2.33. The molecule has 1 amide bonds. The Morgan fingerprint density at radius 1 is 1.08 bits per heavy atom. The monoisotopic (exact) mass is 346 g/mol. The maximum atomic E-state index is 12.9. The summed E-state index contributed by atoms with van der Waals surface area (Å²) in [6, 6.07) is 13.0. The number of sulfonamides is 1. The number of nitrogens with one attached hydrogen (secondary N) is 1. The van der Waals surface area contributed by atoms with E-state index in [-0.39, 0.29) is 23.5 Å². The number of carbonyl (C=O) groups is 1. The van der Waals surface area contributed by atoms with Crippen LogP contribution in [0.3, 0.4) is 0 Å². The molecule has 24 heavy (non-hydrogen) atoms. The average Bonchev–Trinajstić information content (AvgIpc) is 2.54. The van der Waals surface area contributed by atoms with Gasteiger partial charge in [-0.2, -0.15) is 0 Å². The van der Waals surface area contributed by atoms with Crippen molar-refractivity contribution in [3.05, 3.63) is 48.5 Å². The quantitative estimate of drug-likeness (QED) is 0.923. The zero-order valence-electron chi connectivity index (χ0n) is 13.4. The summed E-state index contributed by atoms with van der Waals surface area (Å²) in [4.78, 5) is 12.0. The maximum Gasteiger partial charge on any atom is 0.264 e. The second kappa shape index (κ2) is 6.16. The molecule has 2 aromatic rings. The van der Waals surface area contributed by atoms with Crippen molar-refractivity contribution in [2.45, 2.75) is 24.8 Å². The zero-order valence-corrected chi connectivity index (χ0v) is 14.2. The van der Waals surface area contributed by atoms with Gasteiger partial charge in [0.15, 0.2) is 0 Å². The standard InChI is InChI=1S/C17H18N2O4S/c1-12(2)23-13-7-9-14(10-8-13)24(21,22)19-11-17(20)18-15-5-3-4-6-16(15)19/h3-10,12H,11H2,1-2H3,(H,18,20). The van der Waals surface area contributed by atoms with Crippen LogP contribution in [0.25, 0.3) is 0 Å². The molecule has 1 aliphatic rings. The number of amides is 1. The molecule has 0 bridgehead atoms. The molecule has 0 atom stereocenters. The first-order valence-electron chi connectivity index (χ1n) is 7.56. The van der Waals surface area contributed by atoms with Crippen LogP contribution in [0.5, 0.6) is 5.75 Å². The third-order valence-electron chi connectivity index (χ3n) is 3.52. The minimum atomic E-state index is -3.84. The smallest absolute Gasteiger partial charge is 0.264 e. The van der Waals surface area contributed by atoms with Crippen LogP contribution in [0, 0.1) is 0 Å². The minimum absolute atomic E-state index is 0.00474. The van der Waals surface area contributed by atoms with E-state index >= 15 is 0 Å². The van der Waals surface area contributed by atoms with Gasteiger partial charge in [-0.25, -0.2) is 8.42 Å². The van der Waals surface area contributed by atoms with Gasteiger partial charge >= 0.3 is 0 Å². The third kappa shape index (κ3) is 3.07. The number of ether oxygens (including phenoxy) is 1. The van der Waals surface area contributed by atoms with E-state index in [1.54, 1.807) is 36.4 Å². The summed E-state index contributed by atoms with van der Waals surface area (Å²) in [5.41, 5.74) is 0.941. The second-order valence-corrected chi connectivity index (χ2v) is 7.58. The van der Waals surface area contributed by atoms with Crippen LogP contribution < -0.4 is 14.4 Å². The Kier molecular flexibility index (Phi) is 4.19. The number of rotatable bonds is 4. The van der Waals surface area contributed by atoms with E-state index in [9.17, 15) is 13.2 Å². The van der Waals surface area contributed by atoms with Crippen molar-refractivity contribution in [2.24, 2.45) is 0 Å². The van der Waals surface area contributed by atoms with Crippen molar-refractivity contribution >= 4 is 27.3 Å². The van der Waals surface area contributed by atoms with Crippen LogP contribution in [0.4, 0.5) is 11.4 Å². The molecule has 0 radical (unpaired) electrons. The van der Waals surface area contributed by atoms with Crippen LogP contribution in [0.2, 0.25) is 0 Å². The van der Waals surface area contributed by atoms with Crippen molar-refractivity contribution in [1.82, 2.24) is 0 Å². The van der Waals surface area contributed by atoms with Crippen LogP contribution in [0.1, 0.15) is 13.8 Å². The predicted octanol–water partition coefficient (Wildman–Crippen LogP) is 2.62. The maximum absolute atomic E-state index is 12.9. The Hall–Kier alpha value is -2.54. The van der Waals surface area contributed by atoms with Crippen LogP contribution in [0.15, 0.2) is 53.4 Å². The fourth-order valence-corrected chi connectivity index (χ4v) is 3.95. The summed E-state index contributed by atoms with van der Waals surface area (Å²) in [5.74, 6) is 0.234. The second-order valence-electron chi connectivity index (χ2n) is 5.72. The lowest BCUT2D eigenvalue weighted by molar-refractivity contribution is -0.115. The molecule has 0 aliphatic carbocycles. The van der Waals surface area contributed by atoms with Gasteiger partial charge in [-0.3, -0.25) is 9.10 Å². The lowest BCUT2D eigenvalue weighted by Crippen LogP contribution is -2.42. The number of nitrogens with zero attached hydrogens (tertiary/aromatic N) is 1. The van der Waals surface area contributed by atoms with Gasteiger partial charge in [-0.15, -0.1) is 0 Å². The number of carbonyl (C=O) groups excluding carboxylic acids is 1. The Morgan fingerprint density at radius 2 is 1.75 bits per heavy atom. The molecule has 126 valence electrons. The van der Waals surface area contributed by atoms with Gasteiger partial charge in [0.05, 0.1) is 22.4 Å². The highest BCUT2D eigenvalue weighted by Gasteiger charge is 2.32. The number of para-hydroxylation sites is 2. The summed E-state index contributed by atoms with van der Waals surface area (Å²) < 4.78 is 32.5. The first-order valence-corrected chi connectivity index (χ1v) is 9.00. The van der Waals surface area contributed by atoms with E-state index < -0.39 is 10.0 Å². The van der Waals surface area contributed by atoms with E-state index in [2.05, 4.69) is 5.32 Å². The predicted molar refractivity (Wildman–Crippen MR) is 91.8 cm³/mol. The molecule has 0 aromatic heterocycles. The van der Waals surface area contributed by atoms with Gasteiger partial charge in [-0.1, -0.05) is 12.1 Å². The molecule has 0 saturated carbocycles. The first kappa shape index (κ1) is 16.3. The summed E-state index contributed by atoms with van der Waals surface area (Å²) in [6.07, 6.45) is 0.00474. The van der Waals surface area contributed by atoms with Gasteiger partial charge in [0.25, 0.3) is 10.0 Å². The van der Waals surface area contributed by atoms with Crippen LogP contribution in [-0.2, 0) is 14.8 Å². The van der Waals surface area contributed by atoms with E-state index in [1.807, 2.05) is 13.8 Å². The molecule has 0 fully saturated rings. The highest BCUT2D eigenvalue weighted by molar-refractivity contribution is 7.92. The van der Waals surface area contributed by atoms with Crippen molar-refractivity contribution in [3.8, 4) is 5.75 Å². The van der Waals surface area contributed by atoms with Gasteiger partial charge < -0.3 is 10.1 Å². The topological polar surface area (TPSA) is 75.7 Å². The molecule has 1 aliphatic heterocycles. The van der Waals surface area contributed by atoms with Crippen LogP contribution in [-0.4, -0.2) is 27.0 Å². The first-order chi connectivity index (χ1) is 11.4. The normalized spacial score (nSPS) is 14.3. The third-order valence-corrected chi connectivity index (χ3v) is 5.29. The number of benzene rings is 2. The lowest BCUT2D eigenvalue weighted by Gasteiger charge is -2.30. The fourth-order valence-electron chi connectivity index (χ4n) is 2.51. The van der Waals surface area contributed by atoms with Gasteiger partial charge in [0.2, 0.25) is 5.91 Å². The highest BCUT2D eigenvalue weighted by atomic mass is 32.2. The molecule has 0 saturated heterocycles. The molecular formula is C17H18N2O4S. The summed E-state index contributed by atoms with van der Waals surface area (Å²) in [7, 11) is -3.84. The Labute approximate surface area is 141 Å². The molecule has 0 unspecified atom stereocenters. The van der Waals surface area contributed by atoms with Gasteiger partial charge in [-0.05, 0) is 50.2 Å². The summed E-state index contributed by atoms with van der Waals surface area (Å²) in [6.45, 7) is 3.55. The van der Waals surface area contributed by atoms with E-state index in [0.717, 1.165) is 4.31 Å². The van der Waals surface area contributed by atoms with E-state index in [0.29, 0.717) is 17.1 Å². The molecular weight excluding hydrogens is 328 g/mol. The Morgan fingerprint density at radius 3 is 2.42 bits per heavy atom. The number of anilines is 2. The molecule has 1 N–H and O–H groups in total. The largest absolute Gasteiger partial charge is 0.491 e. The van der Waals surface area contributed by atoms with Crippen molar-refractivity contribution in [2.75, 3.05) is 16.2 Å². The Bertz CT molecular complexity index is 860. The lowest BCUT2D eigenvalue weighted by atomic mass is 10.2. The molecule has 0 spiro atoms. The average molecular weight is 346 g/mol. The van der Waals surface area contributed by atoms with Crippen molar-refractivity contribution in [3.63, 3.8) is 0 Å². The molecule has 6 nitrogen and oxygen atoms in total.